The van der Waals surface area contributed by atoms with Gasteiger partial charge in [-0.3, -0.25) is 4.79 Å². The van der Waals surface area contributed by atoms with E-state index < -0.39 is 6.04 Å². The summed E-state index contributed by atoms with van der Waals surface area (Å²) in [5.41, 5.74) is 2.60. The van der Waals surface area contributed by atoms with Gasteiger partial charge in [0.15, 0.2) is 6.04 Å². The lowest BCUT2D eigenvalue weighted by Crippen LogP contribution is -2.88. The standard InChI is InChI=1S/C23H21FN2O2/c24-17-10-12-18(13-11-17)25-23(27)22(16-6-2-1-3-7-16)26-20-14-15-28-21-9-5-4-8-19(20)21/h1-13,20,22,26H,14-15H2,(H,25,27)/p+1/t20-,22+/m0/s1. The number of halogens is 1. The predicted molar refractivity (Wildman–Crippen MR) is 105 cm³/mol. The van der Waals surface area contributed by atoms with Crippen LogP contribution in [0.5, 0.6) is 5.75 Å². The molecule has 0 saturated carbocycles. The molecule has 3 aromatic carbocycles. The first kappa shape index (κ1) is 18.2. The van der Waals surface area contributed by atoms with E-state index in [4.69, 9.17) is 4.74 Å². The molecule has 2 atom stereocenters. The van der Waals surface area contributed by atoms with Crippen LogP contribution in [0.4, 0.5) is 10.1 Å². The molecule has 4 nitrogen and oxygen atoms in total. The highest BCUT2D eigenvalue weighted by Gasteiger charge is 2.32. The van der Waals surface area contributed by atoms with E-state index in [2.05, 4.69) is 16.7 Å². The van der Waals surface area contributed by atoms with Gasteiger partial charge < -0.3 is 15.4 Å². The number of nitrogens with one attached hydrogen (secondary N) is 1. The van der Waals surface area contributed by atoms with Crippen LogP contribution in [0.1, 0.15) is 29.6 Å². The Kier molecular flexibility index (Phi) is 5.35. The molecule has 0 fully saturated rings. The second-order valence-corrected chi connectivity index (χ2v) is 6.86. The van der Waals surface area contributed by atoms with Crippen molar-refractivity contribution in [2.75, 3.05) is 11.9 Å². The maximum atomic E-state index is 13.2. The SMILES string of the molecule is O=C(Nc1ccc(F)cc1)[C@H]([NH2+][C@H]1CCOc2ccccc21)c1ccccc1. The molecule has 3 N–H and O–H groups in total. The second-order valence-electron chi connectivity index (χ2n) is 6.86. The monoisotopic (exact) mass is 377 g/mol. The summed E-state index contributed by atoms with van der Waals surface area (Å²) < 4.78 is 18.9. The molecule has 3 aromatic rings. The average Bonchev–Trinajstić information content (AvgIpc) is 2.74. The smallest absolute Gasteiger partial charge is 0.287 e. The minimum atomic E-state index is -0.428. The van der Waals surface area contributed by atoms with Crippen LogP contribution in [0, 0.1) is 5.82 Å². The van der Waals surface area contributed by atoms with Crippen LogP contribution >= 0.6 is 0 Å². The van der Waals surface area contributed by atoms with Crippen molar-refractivity contribution in [1.82, 2.24) is 0 Å². The Hall–Kier alpha value is -3.18. The van der Waals surface area contributed by atoms with E-state index in [0.29, 0.717) is 12.3 Å². The number of quaternary nitrogens is 1. The van der Waals surface area contributed by atoms with Gasteiger partial charge in [0, 0.05) is 17.7 Å². The minimum Gasteiger partial charge on any atom is -0.493 e. The van der Waals surface area contributed by atoms with Gasteiger partial charge in [-0.05, 0) is 36.4 Å². The average molecular weight is 377 g/mol. The number of fused-ring (bicyclic) bond motifs is 1. The van der Waals surface area contributed by atoms with Crippen LogP contribution in [0.25, 0.3) is 0 Å². The summed E-state index contributed by atoms with van der Waals surface area (Å²) in [6, 6.07) is 23.2. The van der Waals surface area contributed by atoms with Crippen molar-refractivity contribution in [3.8, 4) is 5.75 Å². The largest absolute Gasteiger partial charge is 0.493 e. The number of hydrogen-bond acceptors (Lipinski definition) is 2. The van der Waals surface area contributed by atoms with Gasteiger partial charge in [0.05, 0.1) is 12.2 Å². The zero-order valence-electron chi connectivity index (χ0n) is 15.3. The number of para-hydroxylation sites is 1. The fourth-order valence-corrected chi connectivity index (χ4v) is 3.57. The third kappa shape index (κ3) is 4.05. The van der Waals surface area contributed by atoms with Gasteiger partial charge in [-0.15, -0.1) is 0 Å². The van der Waals surface area contributed by atoms with E-state index in [1.54, 1.807) is 12.1 Å². The van der Waals surface area contributed by atoms with Crippen molar-refractivity contribution in [2.24, 2.45) is 0 Å². The topological polar surface area (TPSA) is 54.9 Å². The van der Waals surface area contributed by atoms with Crippen molar-refractivity contribution < 1.29 is 19.2 Å². The molecule has 1 aliphatic heterocycles. The van der Waals surface area contributed by atoms with Gasteiger partial charge >= 0.3 is 0 Å². The van der Waals surface area contributed by atoms with Gasteiger partial charge in [0.1, 0.15) is 17.6 Å². The van der Waals surface area contributed by atoms with E-state index in [0.717, 1.165) is 23.3 Å². The molecule has 0 spiro atoms. The molecular weight excluding hydrogens is 355 g/mol. The Morgan fingerprint density at radius 3 is 2.50 bits per heavy atom. The molecule has 0 radical (unpaired) electrons. The fourth-order valence-electron chi connectivity index (χ4n) is 3.57. The first-order chi connectivity index (χ1) is 13.7. The maximum Gasteiger partial charge on any atom is 0.287 e. The lowest BCUT2D eigenvalue weighted by molar-refractivity contribution is -0.723. The first-order valence-electron chi connectivity index (χ1n) is 9.39. The van der Waals surface area contributed by atoms with Crippen molar-refractivity contribution in [2.45, 2.75) is 18.5 Å². The third-order valence-electron chi connectivity index (χ3n) is 4.98. The van der Waals surface area contributed by atoms with Crippen LogP contribution in [0.15, 0.2) is 78.9 Å². The van der Waals surface area contributed by atoms with Crippen LogP contribution in [0.2, 0.25) is 0 Å². The highest BCUT2D eigenvalue weighted by Crippen LogP contribution is 2.30. The van der Waals surface area contributed by atoms with Gasteiger partial charge in [0.2, 0.25) is 0 Å². The van der Waals surface area contributed by atoms with E-state index in [1.165, 1.54) is 12.1 Å². The molecule has 1 aliphatic rings. The molecule has 28 heavy (non-hydrogen) atoms. The molecule has 0 saturated heterocycles. The summed E-state index contributed by atoms with van der Waals surface area (Å²) >= 11 is 0. The van der Waals surface area contributed by atoms with Crippen molar-refractivity contribution in [3.05, 3.63) is 95.8 Å². The summed E-state index contributed by atoms with van der Waals surface area (Å²) in [6.45, 7) is 0.624. The van der Waals surface area contributed by atoms with E-state index in [1.807, 2.05) is 48.5 Å². The number of benzene rings is 3. The zero-order valence-corrected chi connectivity index (χ0v) is 15.3. The number of amides is 1. The Balaban J connectivity index is 1.60. The predicted octanol–water partition coefficient (Wildman–Crippen LogP) is 3.59. The lowest BCUT2D eigenvalue weighted by atomic mass is 9.97. The summed E-state index contributed by atoms with van der Waals surface area (Å²) in [5, 5.41) is 5.01. The summed E-state index contributed by atoms with van der Waals surface area (Å²) in [7, 11) is 0. The number of ether oxygens (including phenoxy) is 1. The van der Waals surface area contributed by atoms with E-state index >= 15 is 0 Å². The number of carbonyl (C=O) groups is 1. The van der Waals surface area contributed by atoms with Crippen molar-refractivity contribution in [1.29, 1.82) is 0 Å². The van der Waals surface area contributed by atoms with Gasteiger partial charge in [-0.2, -0.15) is 0 Å². The van der Waals surface area contributed by atoms with Crippen molar-refractivity contribution in [3.63, 3.8) is 0 Å². The molecule has 1 heterocycles. The van der Waals surface area contributed by atoms with Crippen LogP contribution < -0.4 is 15.4 Å². The highest BCUT2D eigenvalue weighted by atomic mass is 19.1. The molecule has 0 unspecified atom stereocenters. The number of nitrogens with two attached hydrogens (primary N) is 1. The van der Waals surface area contributed by atoms with Crippen molar-refractivity contribution >= 4 is 11.6 Å². The molecule has 0 bridgehead atoms. The third-order valence-corrected chi connectivity index (χ3v) is 4.98. The molecule has 5 heteroatoms. The summed E-state index contributed by atoms with van der Waals surface area (Å²) in [5.74, 6) is 0.408. The Morgan fingerprint density at radius 1 is 1.00 bits per heavy atom. The quantitative estimate of drug-likeness (QED) is 0.714. The van der Waals surface area contributed by atoms with Crippen LogP contribution in [-0.2, 0) is 4.79 Å². The van der Waals surface area contributed by atoms with Gasteiger partial charge in [0.25, 0.3) is 5.91 Å². The van der Waals surface area contributed by atoms with Gasteiger partial charge in [-0.1, -0.05) is 42.5 Å². The molecule has 0 aromatic heterocycles. The first-order valence-corrected chi connectivity index (χ1v) is 9.39. The Bertz CT molecular complexity index is 944. The Morgan fingerprint density at radius 2 is 1.71 bits per heavy atom. The lowest BCUT2D eigenvalue weighted by Gasteiger charge is -2.27. The van der Waals surface area contributed by atoms with E-state index in [9.17, 15) is 9.18 Å². The van der Waals surface area contributed by atoms with Crippen LogP contribution in [-0.4, -0.2) is 12.5 Å². The number of rotatable bonds is 5. The number of anilines is 1. The minimum absolute atomic E-state index is 0.120. The molecule has 142 valence electrons. The normalized spacial score (nSPS) is 16.5. The van der Waals surface area contributed by atoms with Crippen LogP contribution in [0.3, 0.4) is 0 Å². The highest BCUT2D eigenvalue weighted by molar-refractivity contribution is 5.94. The molecular formula is C23H22FN2O2+. The zero-order chi connectivity index (χ0) is 19.3. The second kappa shape index (κ2) is 8.23. The van der Waals surface area contributed by atoms with Gasteiger partial charge in [-0.25, -0.2) is 4.39 Å². The molecule has 0 aliphatic carbocycles. The maximum absolute atomic E-state index is 13.2. The number of hydrogen-bond donors (Lipinski definition) is 2. The summed E-state index contributed by atoms with van der Waals surface area (Å²) in [6.07, 6.45) is 0.824. The fraction of sp³-hybridized carbons (Fsp3) is 0.174. The Labute approximate surface area is 163 Å². The number of carbonyl (C=O) groups excluding carboxylic acids is 1. The molecule has 4 rings (SSSR count). The molecule has 1 amide bonds. The van der Waals surface area contributed by atoms with E-state index in [-0.39, 0.29) is 17.8 Å². The summed E-state index contributed by atoms with van der Waals surface area (Å²) in [4.78, 5) is 13.1.